The van der Waals surface area contributed by atoms with Crippen LogP contribution < -0.4 is 11.1 Å². The predicted octanol–water partition coefficient (Wildman–Crippen LogP) is 3.69. The van der Waals surface area contributed by atoms with Crippen LogP contribution in [0.3, 0.4) is 0 Å². The maximum absolute atomic E-state index is 9.23. The summed E-state index contributed by atoms with van der Waals surface area (Å²) in [6.07, 6.45) is 5.24. The van der Waals surface area contributed by atoms with Gasteiger partial charge in [-0.1, -0.05) is 6.07 Å². The van der Waals surface area contributed by atoms with Crippen LogP contribution in [0.5, 0.6) is 0 Å². The molecule has 1 atom stereocenters. The summed E-state index contributed by atoms with van der Waals surface area (Å²) in [4.78, 5) is 0. The highest BCUT2D eigenvalue weighted by molar-refractivity contribution is 6.14. The lowest BCUT2D eigenvalue weighted by Crippen LogP contribution is -2.10. The van der Waals surface area contributed by atoms with Crippen molar-refractivity contribution in [1.29, 1.82) is 10.7 Å². The summed E-state index contributed by atoms with van der Waals surface area (Å²) in [5.41, 5.74) is 13.7. The SMILES string of the molecule is Cc1c(C#N)ccc2c1CCC2Nc1ccc(N)c(C(=N)c2cn[nH]c2)c1. The Morgan fingerprint density at radius 2 is 2.22 bits per heavy atom. The van der Waals surface area contributed by atoms with E-state index in [1.165, 1.54) is 11.1 Å². The molecule has 1 aliphatic carbocycles. The average Bonchev–Trinajstić information content (AvgIpc) is 3.34. The lowest BCUT2D eigenvalue weighted by molar-refractivity contribution is 0.762. The summed E-state index contributed by atoms with van der Waals surface area (Å²) in [5.74, 6) is 0. The second-order valence-electron chi connectivity index (χ2n) is 6.82. The van der Waals surface area contributed by atoms with E-state index >= 15 is 0 Å². The van der Waals surface area contributed by atoms with E-state index in [1.807, 2.05) is 31.2 Å². The molecule has 5 N–H and O–H groups in total. The van der Waals surface area contributed by atoms with Gasteiger partial charge in [0.15, 0.2) is 0 Å². The number of nitriles is 1. The van der Waals surface area contributed by atoms with Crippen molar-refractivity contribution in [2.45, 2.75) is 25.8 Å². The number of nitrogens with one attached hydrogen (secondary N) is 3. The predicted molar refractivity (Wildman–Crippen MR) is 106 cm³/mol. The third-order valence-electron chi connectivity index (χ3n) is 5.26. The average molecular weight is 356 g/mol. The van der Waals surface area contributed by atoms with Crippen molar-refractivity contribution in [2.75, 3.05) is 11.1 Å². The minimum atomic E-state index is 0.186. The highest BCUT2D eigenvalue weighted by Crippen LogP contribution is 2.37. The Hall–Kier alpha value is -3.59. The number of hydrogen-bond donors (Lipinski definition) is 4. The number of H-pyrrole nitrogens is 1. The van der Waals surface area contributed by atoms with Crippen molar-refractivity contribution >= 4 is 17.1 Å². The zero-order valence-corrected chi connectivity index (χ0v) is 15.0. The summed E-state index contributed by atoms with van der Waals surface area (Å²) in [6, 6.07) is 12.1. The Morgan fingerprint density at radius 1 is 1.37 bits per heavy atom. The number of nitrogens with two attached hydrogens (primary N) is 1. The monoisotopic (exact) mass is 356 g/mol. The zero-order valence-electron chi connectivity index (χ0n) is 15.0. The summed E-state index contributed by atoms with van der Waals surface area (Å²) in [5, 5.41) is 27.8. The fraction of sp³-hybridized carbons (Fsp3) is 0.190. The molecule has 1 heterocycles. The molecule has 6 nitrogen and oxygen atoms in total. The summed E-state index contributed by atoms with van der Waals surface area (Å²) >= 11 is 0. The molecule has 3 aromatic rings. The van der Waals surface area contributed by atoms with Crippen molar-refractivity contribution in [1.82, 2.24) is 10.2 Å². The molecular formula is C21H20N6. The number of rotatable bonds is 4. The van der Waals surface area contributed by atoms with E-state index in [2.05, 4.69) is 27.6 Å². The molecule has 0 saturated heterocycles. The minimum Gasteiger partial charge on any atom is -0.398 e. The first-order valence-electron chi connectivity index (χ1n) is 8.85. The molecule has 1 unspecified atom stereocenters. The molecule has 0 radical (unpaired) electrons. The number of aromatic amines is 1. The van der Waals surface area contributed by atoms with E-state index in [0.717, 1.165) is 29.7 Å². The quantitative estimate of drug-likeness (QED) is 0.421. The van der Waals surface area contributed by atoms with Gasteiger partial charge in [0, 0.05) is 28.7 Å². The second-order valence-corrected chi connectivity index (χ2v) is 6.82. The minimum absolute atomic E-state index is 0.186. The van der Waals surface area contributed by atoms with Gasteiger partial charge in [-0.15, -0.1) is 0 Å². The summed E-state index contributed by atoms with van der Waals surface area (Å²) in [6.45, 7) is 2.02. The smallest absolute Gasteiger partial charge is 0.0994 e. The van der Waals surface area contributed by atoms with Gasteiger partial charge in [0.1, 0.15) is 0 Å². The Kier molecular flexibility index (Phi) is 4.13. The van der Waals surface area contributed by atoms with Crippen LogP contribution in [0.2, 0.25) is 0 Å². The second kappa shape index (κ2) is 6.61. The number of aromatic nitrogens is 2. The normalized spacial score (nSPS) is 15.2. The van der Waals surface area contributed by atoms with Crippen LogP contribution in [0.1, 0.15) is 45.8 Å². The van der Waals surface area contributed by atoms with E-state index in [0.29, 0.717) is 22.5 Å². The maximum atomic E-state index is 9.23. The fourth-order valence-corrected chi connectivity index (χ4v) is 3.76. The van der Waals surface area contributed by atoms with Crippen molar-refractivity contribution < 1.29 is 0 Å². The lowest BCUT2D eigenvalue weighted by atomic mass is 9.98. The standard InChI is InChI=1S/C21H20N6/c1-12-13(9-22)2-4-17-16(12)5-7-20(17)27-15-3-6-19(23)18(8-15)21(24)14-10-25-26-11-14/h2-4,6,8,10-11,20,24,27H,5,7,23H2,1H3,(H,25,26). The Morgan fingerprint density at radius 3 is 2.96 bits per heavy atom. The van der Waals surface area contributed by atoms with Gasteiger partial charge in [0.2, 0.25) is 0 Å². The van der Waals surface area contributed by atoms with E-state index in [9.17, 15) is 5.26 Å². The highest BCUT2D eigenvalue weighted by atomic mass is 15.1. The number of benzene rings is 2. The van der Waals surface area contributed by atoms with Crippen LogP contribution >= 0.6 is 0 Å². The van der Waals surface area contributed by atoms with E-state index in [4.69, 9.17) is 11.1 Å². The van der Waals surface area contributed by atoms with Crippen molar-refractivity contribution in [3.05, 3.63) is 76.1 Å². The molecule has 0 aliphatic heterocycles. The van der Waals surface area contributed by atoms with Crippen molar-refractivity contribution in [3.63, 3.8) is 0 Å². The van der Waals surface area contributed by atoms with Crippen LogP contribution in [-0.2, 0) is 6.42 Å². The van der Waals surface area contributed by atoms with Crippen LogP contribution in [-0.4, -0.2) is 15.9 Å². The summed E-state index contributed by atoms with van der Waals surface area (Å²) < 4.78 is 0. The largest absolute Gasteiger partial charge is 0.398 e. The lowest BCUT2D eigenvalue weighted by Gasteiger charge is -2.18. The first kappa shape index (κ1) is 16.9. The van der Waals surface area contributed by atoms with Crippen molar-refractivity contribution in [2.24, 2.45) is 0 Å². The maximum Gasteiger partial charge on any atom is 0.0994 e. The molecule has 0 saturated carbocycles. The van der Waals surface area contributed by atoms with Gasteiger partial charge in [-0.05, 0) is 60.7 Å². The highest BCUT2D eigenvalue weighted by Gasteiger charge is 2.25. The van der Waals surface area contributed by atoms with Crippen molar-refractivity contribution in [3.8, 4) is 6.07 Å². The topological polar surface area (TPSA) is 114 Å². The molecule has 1 aliphatic rings. The number of hydrogen-bond acceptors (Lipinski definition) is 5. The number of fused-ring (bicyclic) bond motifs is 1. The molecular weight excluding hydrogens is 336 g/mol. The van der Waals surface area contributed by atoms with E-state index in [-0.39, 0.29) is 6.04 Å². The summed E-state index contributed by atoms with van der Waals surface area (Å²) in [7, 11) is 0. The van der Waals surface area contributed by atoms with Gasteiger partial charge < -0.3 is 11.1 Å². The molecule has 134 valence electrons. The van der Waals surface area contributed by atoms with Gasteiger partial charge in [-0.3, -0.25) is 10.5 Å². The number of nitrogens with zero attached hydrogens (tertiary/aromatic N) is 2. The van der Waals surface area contributed by atoms with Crippen LogP contribution in [0.25, 0.3) is 0 Å². The third kappa shape index (κ3) is 2.93. The Bertz CT molecular complexity index is 1060. The molecule has 0 bridgehead atoms. The number of nitrogen functional groups attached to an aromatic ring is 1. The molecule has 27 heavy (non-hydrogen) atoms. The molecule has 0 amide bonds. The van der Waals surface area contributed by atoms with Gasteiger partial charge in [0.25, 0.3) is 0 Å². The first-order valence-corrected chi connectivity index (χ1v) is 8.85. The van der Waals surface area contributed by atoms with Crippen LogP contribution in [0, 0.1) is 23.7 Å². The van der Waals surface area contributed by atoms with Crippen LogP contribution in [0.4, 0.5) is 11.4 Å². The third-order valence-corrected chi connectivity index (χ3v) is 5.26. The van der Waals surface area contributed by atoms with Gasteiger partial charge in [-0.25, -0.2) is 0 Å². The zero-order chi connectivity index (χ0) is 19.0. The Balaban J connectivity index is 1.62. The first-order chi connectivity index (χ1) is 13.1. The molecule has 4 rings (SSSR count). The molecule has 0 spiro atoms. The molecule has 2 aromatic carbocycles. The van der Waals surface area contributed by atoms with Crippen LogP contribution in [0.15, 0.2) is 42.7 Å². The van der Waals surface area contributed by atoms with E-state index in [1.54, 1.807) is 12.4 Å². The molecule has 6 heteroatoms. The fourth-order valence-electron chi connectivity index (χ4n) is 3.76. The van der Waals surface area contributed by atoms with Gasteiger partial charge in [0.05, 0.1) is 29.6 Å². The van der Waals surface area contributed by atoms with Gasteiger partial charge in [-0.2, -0.15) is 10.4 Å². The molecule has 1 aromatic heterocycles. The number of anilines is 2. The van der Waals surface area contributed by atoms with Gasteiger partial charge >= 0.3 is 0 Å². The molecule has 0 fully saturated rings. The Labute approximate surface area is 157 Å². The van der Waals surface area contributed by atoms with E-state index < -0.39 is 0 Å².